The summed E-state index contributed by atoms with van der Waals surface area (Å²) in [6.07, 6.45) is 2.68. The molecular weight excluding hydrogens is 250 g/mol. The number of morpholine rings is 1. The first kappa shape index (κ1) is 15.7. The minimum atomic E-state index is -3.06. The molecule has 1 aliphatic heterocycles. The lowest BCUT2D eigenvalue weighted by molar-refractivity contribution is 0.0770. The van der Waals surface area contributed by atoms with E-state index in [1.165, 1.54) is 0 Å². The maximum Gasteiger partial charge on any atom is 0.158 e. The van der Waals surface area contributed by atoms with Crippen molar-refractivity contribution in [3.05, 3.63) is 11.6 Å². The van der Waals surface area contributed by atoms with Crippen molar-refractivity contribution in [2.24, 2.45) is 0 Å². The topological polar surface area (TPSA) is 55.4 Å². The van der Waals surface area contributed by atoms with Gasteiger partial charge in [-0.25, -0.2) is 8.42 Å². The van der Waals surface area contributed by atoms with Gasteiger partial charge in [-0.15, -0.1) is 0 Å². The summed E-state index contributed by atoms with van der Waals surface area (Å²) in [6, 6.07) is 0.312. The molecule has 4 nitrogen and oxygen atoms in total. The first-order valence-corrected chi connectivity index (χ1v) is 8.06. The van der Waals surface area contributed by atoms with Crippen LogP contribution in [0.15, 0.2) is 11.6 Å². The number of rotatable bonds is 4. The number of nitrogens with one attached hydrogen (secondary N) is 1. The minimum Gasteiger partial charge on any atom is -0.379 e. The summed E-state index contributed by atoms with van der Waals surface area (Å²) in [5, 5.41) is 3.36. The quantitative estimate of drug-likeness (QED) is 0.791. The van der Waals surface area contributed by atoms with Crippen LogP contribution < -0.4 is 5.32 Å². The highest BCUT2D eigenvalue weighted by Gasteiger charge is 2.27. The summed E-state index contributed by atoms with van der Waals surface area (Å²) >= 11 is 0. The van der Waals surface area contributed by atoms with Gasteiger partial charge < -0.3 is 10.1 Å². The molecule has 0 aliphatic carbocycles. The zero-order chi connectivity index (χ0) is 13.8. The molecular formula is C13H25NO3S. The van der Waals surface area contributed by atoms with Gasteiger partial charge in [0.25, 0.3) is 0 Å². The van der Waals surface area contributed by atoms with Gasteiger partial charge in [0, 0.05) is 12.6 Å². The maximum atomic E-state index is 12.0. The van der Waals surface area contributed by atoms with Gasteiger partial charge in [0.15, 0.2) is 9.84 Å². The van der Waals surface area contributed by atoms with Crippen LogP contribution in [0.2, 0.25) is 0 Å². The average Bonchev–Trinajstić information content (AvgIpc) is 2.26. The molecule has 1 N–H and O–H groups in total. The van der Waals surface area contributed by atoms with E-state index in [9.17, 15) is 8.42 Å². The number of sulfone groups is 1. The van der Waals surface area contributed by atoms with E-state index < -0.39 is 14.6 Å². The van der Waals surface area contributed by atoms with Gasteiger partial charge in [0.1, 0.15) is 0 Å². The molecule has 0 radical (unpaired) electrons. The van der Waals surface area contributed by atoms with Crippen molar-refractivity contribution in [2.75, 3.05) is 25.5 Å². The lowest BCUT2D eigenvalue weighted by Gasteiger charge is -2.24. The number of ether oxygens (including phenoxy) is 1. The molecule has 0 spiro atoms. The Morgan fingerprint density at radius 2 is 2.11 bits per heavy atom. The molecule has 1 rings (SSSR count). The lowest BCUT2D eigenvalue weighted by Crippen LogP contribution is -2.41. The molecule has 1 aliphatic rings. The van der Waals surface area contributed by atoms with Crippen LogP contribution in [0, 0.1) is 0 Å². The summed E-state index contributed by atoms with van der Waals surface area (Å²) in [7, 11) is -3.06. The van der Waals surface area contributed by atoms with Gasteiger partial charge in [-0.2, -0.15) is 0 Å². The molecule has 18 heavy (non-hydrogen) atoms. The van der Waals surface area contributed by atoms with Gasteiger partial charge >= 0.3 is 0 Å². The zero-order valence-electron chi connectivity index (χ0n) is 11.8. The van der Waals surface area contributed by atoms with E-state index in [4.69, 9.17) is 4.74 Å². The SMILES string of the molecule is CC(=CCS(=O)(=O)C(C)(C)C)CC1COCCN1. The van der Waals surface area contributed by atoms with Gasteiger partial charge in [0.2, 0.25) is 0 Å². The molecule has 0 aromatic heterocycles. The lowest BCUT2D eigenvalue weighted by atomic mass is 10.1. The fourth-order valence-corrected chi connectivity index (χ4v) is 2.73. The molecule has 1 atom stereocenters. The second kappa shape index (κ2) is 6.17. The normalized spacial score (nSPS) is 23.1. The number of hydrogen-bond acceptors (Lipinski definition) is 4. The Morgan fingerprint density at radius 3 is 2.61 bits per heavy atom. The highest BCUT2D eigenvalue weighted by molar-refractivity contribution is 7.92. The Kier molecular flexibility index (Phi) is 5.37. The predicted octanol–water partition coefficient (Wildman–Crippen LogP) is 1.52. The van der Waals surface area contributed by atoms with Crippen LogP contribution in [0.3, 0.4) is 0 Å². The van der Waals surface area contributed by atoms with Crippen molar-refractivity contribution < 1.29 is 13.2 Å². The molecule has 5 heteroatoms. The molecule has 0 aromatic carbocycles. The summed E-state index contributed by atoms with van der Waals surface area (Å²) in [4.78, 5) is 0. The van der Waals surface area contributed by atoms with Crippen LogP contribution in [-0.4, -0.2) is 44.7 Å². The van der Waals surface area contributed by atoms with Crippen molar-refractivity contribution in [1.82, 2.24) is 5.32 Å². The van der Waals surface area contributed by atoms with Gasteiger partial charge in [0.05, 0.1) is 23.7 Å². The molecule has 0 saturated carbocycles. The van der Waals surface area contributed by atoms with E-state index in [0.29, 0.717) is 12.6 Å². The van der Waals surface area contributed by atoms with Crippen molar-refractivity contribution in [1.29, 1.82) is 0 Å². The number of hydrogen-bond donors (Lipinski definition) is 1. The van der Waals surface area contributed by atoms with Crippen LogP contribution in [0.25, 0.3) is 0 Å². The Hall–Kier alpha value is -0.390. The molecule has 1 saturated heterocycles. The highest BCUT2D eigenvalue weighted by atomic mass is 32.2. The third kappa shape index (κ3) is 4.71. The van der Waals surface area contributed by atoms with E-state index in [2.05, 4.69) is 5.32 Å². The first-order valence-electron chi connectivity index (χ1n) is 6.41. The van der Waals surface area contributed by atoms with Crippen molar-refractivity contribution in [3.63, 3.8) is 0 Å². The fraction of sp³-hybridized carbons (Fsp3) is 0.846. The summed E-state index contributed by atoms with van der Waals surface area (Å²) in [5.41, 5.74) is 1.10. The van der Waals surface area contributed by atoms with Crippen LogP contribution >= 0.6 is 0 Å². The fourth-order valence-electron chi connectivity index (χ4n) is 1.72. The Morgan fingerprint density at radius 1 is 1.44 bits per heavy atom. The van der Waals surface area contributed by atoms with Crippen molar-refractivity contribution in [2.45, 2.75) is 44.9 Å². The van der Waals surface area contributed by atoms with Crippen molar-refractivity contribution in [3.8, 4) is 0 Å². The summed E-state index contributed by atoms with van der Waals surface area (Å²) in [5.74, 6) is 0.121. The molecule has 0 aromatic rings. The van der Waals surface area contributed by atoms with E-state index in [1.807, 2.05) is 13.0 Å². The van der Waals surface area contributed by atoms with E-state index >= 15 is 0 Å². The molecule has 1 fully saturated rings. The smallest absolute Gasteiger partial charge is 0.158 e. The van der Waals surface area contributed by atoms with E-state index in [1.54, 1.807) is 20.8 Å². The minimum absolute atomic E-state index is 0.121. The maximum absolute atomic E-state index is 12.0. The van der Waals surface area contributed by atoms with Crippen LogP contribution in [0.4, 0.5) is 0 Å². The molecule has 0 amide bonds. The van der Waals surface area contributed by atoms with Crippen LogP contribution in [0.1, 0.15) is 34.1 Å². The monoisotopic (exact) mass is 275 g/mol. The standard InChI is InChI=1S/C13H25NO3S/c1-11(9-12-10-17-7-6-14-12)5-8-18(15,16)13(2,3)4/h5,12,14H,6-10H2,1-4H3. The predicted molar refractivity (Wildman–Crippen MR) is 74.5 cm³/mol. The first-order chi connectivity index (χ1) is 8.22. The Labute approximate surface area is 111 Å². The second-order valence-corrected chi connectivity index (χ2v) is 8.66. The molecule has 1 unspecified atom stereocenters. The van der Waals surface area contributed by atoms with Crippen LogP contribution in [0.5, 0.6) is 0 Å². The highest BCUT2D eigenvalue weighted by Crippen LogP contribution is 2.17. The van der Waals surface area contributed by atoms with E-state index in [0.717, 1.165) is 25.1 Å². The third-order valence-corrected chi connectivity index (χ3v) is 5.62. The van der Waals surface area contributed by atoms with Gasteiger partial charge in [-0.1, -0.05) is 11.6 Å². The Balaban J connectivity index is 2.51. The second-order valence-electron chi connectivity index (χ2n) is 5.87. The molecule has 0 bridgehead atoms. The van der Waals surface area contributed by atoms with Gasteiger partial charge in [-0.3, -0.25) is 0 Å². The third-order valence-electron chi connectivity index (χ3n) is 3.15. The largest absolute Gasteiger partial charge is 0.379 e. The van der Waals surface area contributed by atoms with Crippen molar-refractivity contribution >= 4 is 9.84 Å². The average molecular weight is 275 g/mol. The molecule has 1 heterocycles. The van der Waals surface area contributed by atoms with E-state index in [-0.39, 0.29) is 5.75 Å². The van der Waals surface area contributed by atoms with Gasteiger partial charge in [-0.05, 0) is 34.1 Å². The summed E-state index contributed by atoms with van der Waals surface area (Å²) in [6.45, 7) is 9.54. The summed E-state index contributed by atoms with van der Waals surface area (Å²) < 4.78 is 28.6. The van der Waals surface area contributed by atoms with Crippen LogP contribution in [-0.2, 0) is 14.6 Å². The molecule has 106 valence electrons. The Bertz CT molecular complexity index is 387. The zero-order valence-corrected chi connectivity index (χ0v) is 12.6.